The first-order valence-corrected chi connectivity index (χ1v) is 8.71. The lowest BCUT2D eigenvalue weighted by molar-refractivity contribution is 0.0682. The molecular formula is C21H24O6. The van der Waals surface area contributed by atoms with E-state index >= 15 is 0 Å². The normalized spacial score (nSPS) is 11.2. The van der Waals surface area contributed by atoms with Gasteiger partial charge >= 0.3 is 11.9 Å². The Hall–Kier alpha value is -3.02. The van der Waals surface area contributed by atoms with E-state index in [9.17, 15) is 30.0 Å². The first-order chi connectivity index (χ1) is 12.5. The van der Waals surface area contributed by atoms with Crippen molar-refractivity contribution in [3.05, 3.63) is 57.6 Å². The molecule has 4 N–H and O–H groups in total. The highest BCUT2D eigenvalue weighted by Crippen LogP contribution is 2.34. The first-order valence-electron chi connectivity index (χ1n) is 8.71. The summed E-state index contributed by atoms with van der Waals surface area (Å²) in [5, 5.41) is 39.1. The Kier molecular flexibility index (Phi) is 5.78. The third kappa shape index (κ3) is 4.22. The van der Waals surface area contributed by atoms with Crippen molar-refractivity contribution < 1.29 is 30.0 Å². The summed E-state index contributed by atoms with van der Waals surface area (Å²) in [6.45, 7) is 7.41. The van der Waals surface area contributed by atoms with Crippen LogP contribution in [-0.2, 0) is 6.42 Å². The molecular weight excluding hydrogens is 348 g/mol. The number of phenols is 2. The molecule has 0 spiro atoms. The van der Waals surface area contributed by atoms with E-state index in [2.05, 4.69) is 0 Å². The number of benzene rings is 2. The van der Waals surface area contributed by atoms with Crippen LogP contribution in [0.3, 0.4) is 0 Å². The van der Waals surface area contributed by atoms with Crippen LogP contribution < -0.4 is 0 Å². The maximum Gasteiger partial charge on any atom is 0.339 e. The van der Waals surface area contributed by atoms with Crippen LogP contribution in [0.25, 0.3) is 0 Å². The van der Waals surface area contributed by atoms with Gasteiger partial charge in [-0.05, 0) is 52.6 Å². The van der Waals surface area contributed by atoms with Gasteiger partial charge in [-0.25, -0.2) is 9.59 Å². The Labute approximate surface area is 157 Å². The molecule has 0 bridgehead atoms. The topological polar surface area (TPSA) is 115 Å². The number of carboxylic acid groups (broad SMARTS) is 2. The summed E-state index contributed by atoms with van der Waals surface area (Å²) in [5.74, 6) is -3.11. The molecule has 0 amide bonds. The molecule has 0 aliphatic rings. The maximum atomic E-state index is 11.5. The van der Waals surface area contributed by atoms with Crippen LogP contribution in [-0.4, -0.2) is 32.4 Å². The van der Waals surface area contributed by atoms with E-state index < -0.39 is 11.9 Å². The van der Waals surface area contributed by atoms with Crippen LogP contribution in [0.15, 0.2) is 24.3 Å². The number of carbonyl (C=O) groups is 2. The van der Waals surface area contributed by atoms with Crippen molar-refractivity contribution in [3.8, 4) is 11.5 Å². The number of hydrogen-bond donors (Lipinski definition) is 4. The molecule has 0 aliphatic carbocycles. The van der Waals surface area contributed by atoms with Gasteiger partial charge in [-0.2, -0.15) is 0 Å². The zero-order chi connectivity index (χ0) is 20.5. The second kappa shape index (κ2) is 7.70. The Morgan fingerprint density at radius 3 is 1.33 bits per heavy atom. The minimum Gasteiger partial charge on any atom is -0.507 e. The average Bonchev–Trinajstić information content (AvgIpc) is 2.56. The molecule has 2 aromatic rings. The minimum absolute atomic E-state index is 0.0799. The summed E-state index contributed by atoms with van der Waals surface area (Å²) in [4.78, 5) is 22.9. The molecule has 0 saturated heterocycles. The Balaban J connectivity index is 2.60. The molecule has 0 aromatic heterocycles. The Bertz CT molecular complexity index is 823. The van der Waals surface area contributed by atoms with E-state index in [1.54, 1.807) is 12.1 Å². The van der Waals surface area contributed by atoms with E-state index in [0.29, 0.717) is 22.3 Å². The smallest absolute Gasteiger partial charge is 0.339 e. The van der Waals surface area contributed by atoms with Gasteiger partial charge in [0.15, 0.2) is 0 Å². The molecule has 2 aromatic carbocycles. The predicted molar refractivity (Wildman–Crippen MR) is 101 cm³/mol. The van der Waals surface area contributed by atoms with E-state index in [1.807, 2.05) is 27.7 Å². The monoisotopic (exact) mass is 372 g/mol. The lowest BCUT2D eigenvalue weighted by Crippen LogP contribution is -2.05. The van der Waals surface area contributed by atoms with Crippen molar-refractivity contribution in [1.82, 2.24) is 0 Å². The summed E-state index contributed by atoms with van der Waals surface area (Å²) in [6.07, 6.45) is 0.278. The second-order valence-corrected chi connectivity index (χ2v) is 7.26. The molecule has 27 heavy (non-hydrogen) atoms. The lowest BCUT2D eigenvalue weighted by Gasteiger charge is -2.16. The molecule has 0 atom stereocenters. The number of aromatic carboxylic acids is 2. The van der Waals surface area contributed by atoms with Crippen molar-refractivity contribution in [2.45, 2.75) is 46.0 Å². The summed E-state index contributed by atoms with van der Waals surface area (Å²) >= 11 is 0. The van der Waals surface area contributed by atoms with Gasteiger partial charge in [-0.1, -0.05) is 39.8 Å². The van der Waals surface area contributed by atoms with Gasteiger partial charge in [-0.3, -0.25) is 0 Å². The quantitative estimate of drug-likeness (QED) is 0.600. The van der Waals surface area contributed by atoms with Crippen LogP contribution in [0, 0.1) is 0 Å². The van der Waals surface area contributed by atoms with Gasteiger partial charge in [0.1, 0.15) is 22.6 Å². The molecule has 2 rings (SSSR count). The highest BCUT2D eigenvalue weighted by molar-refractivity contribution is 5.92. The van der Waals surface area contributed by atoms with Crippen molar-refractivity contribution in [3.63, 3.8) is 0 Å². The molecule has 0 saturated carbocycles. The van der Waals surface area contributed by atoms with Gasteiger partial charge in [0.25, 0.3) is 0 Å². The average molecular weight is 372 g/mol. The van der Waals surface area contributed by atoms with Gasteiger partial charge in [-0.15, -0.1) is 0 Å². The fourth-order valence-corrected chi connectivity index (χ4v) is 3.08. The Morgan fingerprint density at radius 2 is 1.07 bits per heavy atom. The fourth-order valence-electron chi connectivity index (χ4n) is 3.08. The van der Waals surface area contributed by atoms with Crippen molar-refractivity contribution in [1.29, 1.82) is 0 Å². The summed E-state index contributed by atoms with van der Waals surface area (Å²) < 4.78 is 0. The van der Waals surface area contributed by atoms with Gasteiger partial charge in [0.2, 0.25) is 0 Å². The minimum atomic E-state index is -1.23. The van der Waals surface area contributed by atoms with Gasteiger partial charge in [0.05, 0.1) is 0 Å². The first kappa shape index (κ1) is 20.3. The maximum absolute atomic E-state index is 11.5. The summed E-state index contributed by atoms with van der Waals surface area (Å²) in [6, 6.07) is 6.25. The number of aromatic hydroxyl groups is 2. The molecule has 0 heterocycles. The molecule has 0 fully saturated rings. The van der Waals surface area contributed by atoms with Crippen molar-refractivity contribution in [2.75, 3.05) is 0 Å². The molecule has 6 heteroatoms. The van der Waals surface area contributed by atoms with E-state index in [1.165, 1.54) is 12.1 Å². The predicted octanol–water partition coefficient (Wildman–Crippen LogP) is 4.33. The number of hydrogen-bond acceptors (Lipinski definition) is 4. The van der Waals surface area contributed by atoms with Crippen LogP contribution in [0.4, 0.5) is 0 Å². The van der Waals surface area contributed by atoms with Gasteiger partial charge < -0.3 is 20.4 Å². The van der Waals surface area contributed by atoms with Gasteiger partial charge in [0, 0.05) is 0 Å². The van der Waals surface area contributed by atoms with Crippen LogP contribution in [0.2, 0.25) is 0 Å². The standard InChI is InChI=1S/C21H24O6/c1-10(2)14-6-12(8-16(18(14)22)20(24)25)5-13-7-15(11(3)4)19(23)17(9-13)21(26)27/h6-11,22-23H,5H2,1-4H3,(H,24,25)(H,26,27). The highest BCUT2D eigenvalue weighted by atomic mass is 16.4. The zero-order valence-corrected chi connectivity index (χ0v) is 15.8. The molecule has 0 aliphatic heterocycles. The van der Waals surface area contributed by atoms with Crippen molar-refractivity contribution >= 4 is 11.9 Å². The zero-order valence-electron chi connectivity index (χ0n) is 15.8. The largest absolute Gasteiger partial charge is 0.507 e. The lowest BCUT2D eigenvalue weighted by atomic mass is 9.90. The summed E-state index contributed by atoms with van der Waals surface area (Å²) in [7, 11) is 0. The van der Waals surface area contributed by atoms with E-state index in [0.717, 1.165) is 0 Å². The molecule has 6 nitrogen and oxygen atoms in total. The van der Waals surface area contributed by atoms with Crippen molar-refractivity contribution in [2.24, 2.45) is 0 Å². The highest BCUT2D eigenvalue weighted by Gasteiger charge is 2.20. The SMILES string of the molecule is CC(C)c1cc(Cc2cc(C(=O)O)c(O)c(C(C)C)c2)cc(C(=O)O)c1O. The number of rotatable bonds is 6. The fraction of sp³-hybridized carbons (Fsp3) is 0.333. The third-order valence-corrected chi connectivity index (χ3v) is 4.51. The van der Waals surface area contributed by atoms with Crippen LogP contribution in [0.5, 0.6) is 11.5 Å². The third-order valence-electron chi connectivity index (χ3n) is 4.51. The Morgan fingerprint density at radius 1 is 0.741 bits per heavy atom. The summed E-state index contributed by atoms with van der Waals surface area (Å²) in [5.41, 5.74) is 1.96. The molecule has 0 unspecified atom stereocenters. The van der Waals surface area contributed by atoms with E-state index in [-0.39, 0.29) is 40.9 Å². The van der Waals surface area contributed by atoms with Crippen LogP contribution >= 0.6 is 0 Å². The second-order valence-electron chi connectivity index (χ2n) is 7.26. The van der Waals surface area contributed by atoms with E-state index in [4.69, 9.17) is 0 Å². The molecule has 0 radical (unpaired) electrons. The van der Waals surface area contributed by atoms with Crippen LogP contribution in [0.1, 0.15) is 82.5 Å². The molecule has 144 valence electrons. The number of carboxylic acids is 2.